The van der Waals surface area contributed by atoms with E-state index in [1.54, 1.807) is 20.8 Å². The molecule has 0 bridgehead atoms. The number of ether oxygens (including phenoxy) is 2. The molecule has 0 spiro atoms. The Kier molecular flexibility index (Phi) is 11.0. The van der Waals surface area contributed by atoms with E-state index in [0.29, 0.717) is 6.61 Å². The summed E-state index contributed by atoms with van der Waals surface area (Å²) >= 11 is 5.64. The molecule has 9 nitrogen and oxygen atoms in total. The lowest BCUT2D eigenvalue weighted by atomic mass is 9.90. The number of hydrogen-bond acceptors (Lipinski definition) is 7. The first kappa shape index (κ1) is 36.3. The molecule has 1 amide bonds. The number of rotatable bonds is 9. The molecule has 0 saturated carbocycles. The van der Waals surface area contributed by atoms with Crippen molar-refractivity contribution in [3.8, 4) is 0 Å². The summed E-state index contributed by atoms with van der Waals surface area (Å²) in [5.74, 6) is -3.83. The van der Waals surface area contributed by atoms with Crippen LogP contribution in [0.1, 0.15) is 37.6 Å². The van der Waals surface area contributed by atoms with E-state index in [1.807, 2.05) is 0 Å². The predicted molar refractivity (Wildman–Crippen MR) is 172 cm³/mol. The molecule has 15 heteroatoms. The van der Waals surface area contributed by atoms with Gasteiger partial charge >= 0.3 is 6.09 Å². The largest absolute Gasteiger partial charge is 0.443 e. The summed E-state index contributed by atoms with van der Waals surface area (Å²) in [6, 6.07) is 5.04. The van der Waals surface area contributed by atoms with E-state index in [-0.39, 0.29) is 27.8 Å². The molecule has 45 heavy (non-hydrogen) atoms. The van der Waals surface area contributed by atoms with Crippen LogP contribution in [0.3, 0.4) is 0 Å². The Bertz CT molecular complexity index is 1630. The molecule has 0 unspecified atom stereocenters. The lowest BCUT2D eigenvalue weighted by molar-refractivity contribution is 0.00811. The number of nitrogens with zero attached hydrogens (tertiary/aromatic N) is 4. The second kappa shape index (κ2) is 13.7. The van der Waals surface area contributed by atoms with Gasteiger partial charge in [0.05, 0.1) is 5.02 Å². The molecule has 0 N–H and O–H groups in total. The van der Waals surface area contributed by atoms with Gasteiger partial charge in [0.25, 0.3) is 0 Å². The van der Waals surface area contributed by atoms with Gasteiger partial charge in [0.1, 0.15) is 46.8 Å². The molecular weight excluding hydrogens is 649 g/mol. The molecule has 0 aliphatic carbocycles. The van der Waals surface area contributed by atoms with Crippen LogP contribution >= 0.6 is 11.6 Å². The molecule has 0 saturated heterocycles. The highest BCUT2D eigenvalue weighted by molar-refractivity contribution is 7.89. The summed E-state index contributed by atoms with van der Waals surface area (Å²) in [5, 5.41) is -0.289. The predicted octanol–water partition coefficient (Wildman–Crippen LogP) is 7.04. The van der Waals surface area contributed by atoms with Crippen molar-refractivity contribution >= 4 is 53.7 Å². The number of hydrogen-bond donors (Lipinski definition) is 0. The topological polar surface area (TPSA) is 101 Å². The number of carbonyl (C=O) groups excluding carboxylic acids is 1. The fourth-order valence-electron chi connectivity index (χ4n) is 4.14. The molecule has 246 valence electrons. The summed E-state index contributed by atoms with van der Waals surface area (Å²) < 4.78 is 83.7. The normalized spacial score (nSPS) is 18.8. The number of benzene rings is 1. The first-order valence-corrected chi connectivity index (χ1v) is 19.6. The van der Waals surface area contributed by atoms with E-state index in [9.17, 15) is 17.6 Å². The van der Waals surface area contributed by atoms with Crippen LogP contribution in [0, 0.1) is 11.6 Å². The molecule has 0 fully saturated rings. The van der Waals surface area contributed by atoms with Crippen molar-refractivity contribution in [3.05, 3.63) is 76.6 Å². The Morgan fingerprint density at radius 1 is 1.22 bits per heavy atom. The number of aliphatic imine (C=N–C) groups is 1. The van der Waals surface area contributed by atoms with Gasteiger partial charge in [0, 0.05) is 39.6 Å². The molecule has 2 heterocycles. The minimum Gasteiger partial charge on any atom is -0.443 e. The standard InChI is InChI=1S/C30H38ClF3N4O5SSi/c1-9-30(21-14-20(10-11-23(21)32)15-25(34)26-16-24(33)22(31)17-35-26)18-44(40,41)37(5)27(36-30)38(28(39)43-29(2,3)4)19-42-12-13-45(6,7)8/h9-11,14-17H,1,12-13,18-19H2,2-8H3/b25-15-/t30-/m0/s1. The Morgan fingerprint density at radius 2 is 1.89 bits per heavy atom. The van der Waals surface area contributed by atoms with Crippen molar-refractivity contribution < 1.29 is 35.9 Å². The van der Waals surface area contributed by atoms with E-state index in [1.165, 1.54) is 19.2 Å². The number of aromatic nitrogens is 1. The van der Waals surface area contributed by atoms with Crippen LogP contribution in [0.2, 0.25) is 30.7 Å². The number of amides is 1. The smallest absolute Gasteiger partial charge is 0.419 e. The highest BCUT2D eigenvalue weighted by Crippen LogP contribution is 2.37. The number of pyridine rings is 1. The van der Waals surface area contributed by atoms with Gasteiger partial charge in [-0.1, -0.05) is 43.4 Å². The number of guanidine groups is 1. The third-order valence-corrected chi connectivity index (χ3v) is 10.4. The lowest BCUT2D eigenvalue weighted by Gasteiger charge is -2.40. The molecule has 0 radical (unpaired) electrons. The molecule has 3 rings (SSSR count). The fourth-order valence-corrected chi connectivity index (χ4v) is 6.47. The highest BCUT2D eigenvalue weighted by Gasteiger charge is 2.46. The zero-order chi connectivity index (χ0) is 34.0. The summed E-state index contributed by atoms with van der Waals surface area (Å²) in [6.07, 6.45) is 2.14. The molecule has 1 aliphatic rings. The molecule has 1 aromatic heterocycles. The van der Waals surface area contributed by atoms with Crippen molar-refractivity contribution in [1.29, 1.82) is 0 Å². The van der Waals surface area contributed by atoms with Crippen LogP contribution in [0.5, 0.6) is 0 Å². The quantitative estimate of drug-likeness (QED) is 0.121. The molecular formula is C30H38ClF3N4O5SSi. The number of carbonyl (C=O) groups is 1. The molecule has 2 aromatic rings. The Labute approximate surface area is 268 Å². The SMILES string of the molecule is C=C[C@@]1(c2cc(/C=C(\F)c3cc(F)c(Cl)cn3)ccc2F)CS(=O)(=O)N(C)C(N(COCC[Si](C)(C)C)C(=O)OC(C)(C)C)=N1. The van der Waals surface area contributed by atoms with Crippen molar-refractivity contribution in [2.24, 2.45) is 4.99 Å². The van der Waals surface area contributed by atoms with Crippen LogP contribution in [0.4, 0.5) is 18.0 Å². The van der Waals surface area contributed by atoms with Crippen molar-refractivity contribution in [2.45, 2.75) is 57.6 Å². The zero-order valence-corrected chi connectivity index (χ0v) is 28.9. The Morgan fingerprint density at radius 3 is 2.47 bits per heavy atom. The third kappa shape index (κ3) is 9.18. The number of sulfonamides is 1. The maximum atomic E-state index is 15.5. The summed E-state index contributed by atoms with van der Waals surface area (Å²) in [7, 11) is -4.54. The second-order valence-corrected chi connectivity index (χ2v) is 20.8. The minimum absolute atomic E-state index is 0.0917. The minimum atomic E-state index is -4.25. The van der Waals surface area contributed by atoms with Crippen LogP contribution in [-0.2, 0) is 25.0 Å². The zero-order valence-electron chi connectivity index (χ0n) is 26.3. The monoisotopic (exact) mass is 686 g/mol. The third-order valence-electron chi connectivity index (χ3n) is 6.61. The van der Waals surface area contributed by atoms with Crippen molar-refractivity contribution in [3.63, 3.8) is 0 Å². The van der Waals surface area contributed by atoms with Gasteiger partial charge in [-0.05, 0) is 50.6 Å². The summed E-state index contributed by atoms with van der Waals surface area (Å²) in [5.41, 5.74) is -3.42. The lowest BCUT2D eigenvalue weighted by Crippen LogP contribution is -2.56. The number of halogens is 4. The van der Waals surface area contributed by atoms with Gasteiger partial charge < -0.3 is 9.47 Å². The van der Waals surface area contributed by atoms with E-state index >= 15 is 8.78 Å². The van der Waals surface area contributed by atoms with Gasteiger partial charge in [-0.15, -0.1) is 6.58 Å². The summed E-state index contributed by atoms with van der Waals surface area (Å²) in [4.78, 5) is 22.7. The average molecular weight is 687 g/mol. The Hall–Kier alpha value is -3.20. The van der Waals surface area contributed by atoms with Gasteiger partial charge in [-0.25, -0.2) is 40.6 Å². The van der Waals surface area contributed by atoms with Crippen molar-refractivity contribution in [2.75, 3.05) is 26.1 Å². The second-order valence-electron chi connectivity index (χ2n) is 12.7. The van der Waals surface area contributed by atoms with Gasteiger partial charge in [-0.3, -0.25) is 4.98 Å². The van der Waals surface area contributed by atoms with Gasteiger partial charge in [-0.2, -0.15) is 0 Å². The highest BCUT2D eigenvalue weighted by atomic mass is 35.5. The van der Waals surface area contributed by atoms with Crippen LogP contribution < -0.4 is 0 Å². The maximum absolute atomic E-state index is 15.5. The first-order valence-electron chi connectivity index (χ1n) is 13.9. The van der Waals surface area contributed by atoms with Crippen molar-refractivity contribution in [1.82, 2.24) is 14.2 Å². The maximum Gasteiger partial charge on any atom is 0.419 e. The van der Waals surface area contributed by atoms with E-state index < -0.39 is 65.3 Å². The molecule has 1 aromatic carbocycles. The fraction of sp³-hybridized carbons (Fsp3) is 0.433. The van der Waals surface area contributed by atoms with Gasteiger partial charge in [0.2, 0.25) is 16.0 Å². The molecule has 1 aliphatic heterocycles. The van der Waals surface area contributed by atoms with Gasteiger partial charge in [0.15, 0.2) is 0 Å². The molecule has 1 atom stereocenters. The summed E-state index contributed by atoms with van der Waals surface area (Å²) in [6.45, 7) is 15.0. The average Bonchev–Trinajstić information content (AvgIpc) is 2.91. The first-order chi connectivity index (χ1) is 20.7. The van der Waals surface area contributed by atoms with Crippen LogP contribution in [0.25, 0.3) is 11.9 Å². The van der Waals surface area contributed by atoms with Crippen LogP contribution in [-0.4, -0.2) is 74.5 Å². The van der Waals surface area contributed by atoms with E-state index in [0.717, 1.165) is 45.7 Å². The Balaban J connectivity index is 2.15. The van der Waals surface area contributed by atoms with Crippen LogP contribution in [0.15, 0.2) is 48.1 Å². The van der Waals surface area contributed by atoms with E-state index in [4.69, 9.17) is 21.1 Å². The van der Waals surface area contributed by atoms with E-state index in [2.05, 4.69) is 36.2 Å².